The molecule has 2 aliphatic rings. The summed E-state index contributed by atoms with van der Waals surface area (Å²) in [7, 11) is 0. The van der Waals surface area contributed by atoms with Crippen molar-refractivity contribution >= 4 is 28.6 Å². The molecule has 25 heavy (non-hydrogen) atoms. The lowest BCUT2D eigenvalue weighted by Crippen LogP contribution is -2.37. The van der Waals surface area contributed by atoms with Gasteiger partial charge in [-0.25, -0.2) is 4.98 Å². The van der Waals surface area contributed by atoms with Gasteiger partial charge < -0.3 is 4.90 Å². The summed E-state index contributed by atoms with van der Waals surface area (Å²) in [5.41, 5.74) is 7.23. The van der Waals surface area contributed by atoms with Crippen LogP contribution in [-0.4, -0.2) is 39.1 Å². The highest BCUT2D eigenvalue weighted by Crippen LogP contribution is 2.45. The molecule has 1 aliphatic heterocycles. The molecule has 0 radical (unpaired) electrons. The second-order valence-corrected chi connectivity index (χ2v) is 8.42. The standard InChI is InChI=1S/C18H18N4OS2/c23-17(14-9-25-11-19-14)22-6-5-18(10-22)4-1-2-13-15(20-21-16(13)18)12-3-7-24-8-12/h3,7-9,11H,1-2,4-6,10H2,(H,20,21)/t18-/m1/s1. The Labute approximate surface area is 153 Å². The minimum atomic E-state index is 0.0283. The van der Waals surface area contributed by atoms with Crippen molar-refractivity contribution in [2.75, 3.05) is 13.1 Å². The molecule has 3 aromatic heterocycles. The van der Waals surface area contributed by atoms with Crippen LogP contribution in [0.5, 0.6) is 0 Å². The van der Waals surface area contributed by atoms with Gasteiger partial charge in [-0.05, 0) is 37.1 Å². The second-order valence-electron chi connectivity index (χ2n) is 6.92. The van der Waals surface area contributed by atoms with E-state index in [1.54, 1.807) is 16.8 Å². The molecular weight excluding hydrogens is 352 g/mol. The van der Waals surface area contributed by atoms with Crippen LogP contribution in [-0.2, 0) is 11.8 Å². The number of nitrogens with one attached hydrogen (secondary N) is 1. The van der Waals surface area contributed by atoms with E-state index in [4.69, 9.17) is 0 Å². The maximum Gasteiger partial charge on any atom is 0.273 e. The summed E-state index contributed by atoms with van der Waals surface area (Å²) in [6.07, 6.45) is 4.34. The molecule has 0 saturated carbocycles. The molecule has 5 nitrogen and oxygen atoms in total. The fourth-order valence-electron chi connectivity index (χ4n) is 4.35. The van der Waals surface area contributed by atoms with Gasteiger partial charge >= 0.3 is 0 Å². The number of amides is 1. The van der Waals surface area contributed by atoms with Crippen LogP contribution in [0.3, 0.4) is 0 Å². The van der Waals surface area contributed by atoms with Crippen molar-refractivity contribution in [2.45, 2.75) is 31.1 Å². The number of rotatable bonds is 2. The molecule has 1 N–H and O–H groups in total. The second kappa shape index (κ2) is 5.78. The third-order valence-corrected chi connectivity index (χ3v) is 6.84. The fraction of sp³-hybridized carbons (Fsp3) is 0.389. The summed E-state index contributed by atoms with van der Waals surface area (Å²) >= 11 is 3.17. The first-order valence-corrected chi connectivity index (χ1v) is 10.4. The Hall–Kier alpha value is -1.99. The number of hydrogen-bond donors (Lipinski definition) is 1. The molecule has 1 spiro atoms. The minimum absolute atomic E-state index is 0.0283. The van der Waals surface area contributed by atoms with Crippen LogP contribution in [0.25, 0.3) is 11.3 Å². The lowest BCUT2D eigenvalue weighted by Gasteiger charge is -2.33. The first-order valence-electron chi connectivity index (χ1n) is 8.55. The number of thiophene rings is 1. The molecule has 1 amide bonds. The summed E-state index contributed by atoms with van der Waals surface area (Å²) in [5, 5.41) is 14.1. The Morgan fingerprint density at radius 3 is 3.04 bits per heavy atom. The molecule has 5 rings (SSSR count). The lowest BCUT2D eigenvalue weighted by atomic mass is 9.72. The van der Waals surface area contributed by atoms with Gasteiger partial charge in [-0.15, -0.1) is 11.3 Å². The Morgan fingerprint density at radius 1 is 1.28 bits per heavy atom. The van der Waals surface area contributed by atoms with Crippen molar-refractivity contribution in [1.82, 2.24) is 20.1 Å². The lowest BCUT2D eigenvalue weighted by molar-refractivity contribution is 0.0776. The predicted molar refractivity (Wildman–Crippen MR) is 99.2 cm³/mol. The monoisotopic (exact) mass is 370 g/mol. The summed E-state index contributed by atoms with van der Waals surface area (Å²) in [6.45, 7) is 1.56. The molecule has 7 heteroatoms. The normalized spacial score (nSPS) is 22.5. The van der Waals surface area contributed by atoms with Gasteiger partial charge in [-0.1, -0.05) is 0 Å². The zero-order chi connectivity index (χ0) is 16.9. The van der Waals surface area contributed by atoms with Gasteiger partial charge in [-0.3, -0.25) is 9.89 Å². The SMILES string of the molecule is O=C(c1cscn1)N1CC[C@]2(CCCc3c(-c4ccsc4)n[nH]c32)C1. The number of H-pyrrole nitrogens is 1. The molecule has 0 aromatic carbocycles. The summed E-state index contributed by atoms with van der Waals surface area (Å²) in [4.78, 5) is 18.8. The molecule has 1 aliphatic carbocycles. The van der Waals surface area contributed by atoms with E-state index in [9.17, 15) is 4.79 Å². The zero-order valence-electron chi connectivity index (χ0n) is 13.7. The predicted octanol–water partition coefficient (Wildman–Crippen LogP) is 3.71. The van der Waals surface area contributed by atoms with Crippen LogP contribution >= 0.6 is 22.7 Å². The Balaban J connectivity index is 1.48. The molecular formula is C18H18N4OS2. The van der Waals surface area contributed by atoms with E-state index in [-0.39, 0.29) is 11.3 Å². The first kappa shape index (κ1) is 15.3. The zero-order valence-corrected chi connectivity index (χ0v) is 15.3. The minimum Gasteiger partial charge on any atom is -0.336 e. The van der Waals surface area contributed by atoms with E-state index in [1.807, 2.05) is 10.3 Å². The van der Waals surface area contributed by atoms with Crippen molar-refractivity contribution in [1.29, 1.82) is 0 Å². The van der Waals surface area contributed by atoms with Crippen LogP contribution in [0, 0.1) is 0 Å². The number of likely N-dealkylation sites (tertiary alicyclic amines) is 1. The molecule has 0 unspecified atom stereocenters. The van der Waals surface area contributed by atoms with Crippen molar-refractivity contribution in [3.05, 3.63) is 44.7 Å². The van der Waals surface area contributed by atoms with Crippen molar-refractivity contribution in [3.63, 3.8) is 0 Å². The number of hydrogen-bond acceptors (Lipinski definition) is 5. The van der Waals surface area contributed by atoms with Crippen molar-refractivity contribution in [3.8, 4) is 11.3 Å². The van der Waals surface area contributed by atoms with Gasteiger partial charge in [0.05, 0.1) is 11.2 Å². The third-order valence-electron chi connectivity index (χ3n) is 5.57. The fourth-order valence-corrected chi connectivity index (χ4v) is 5.51. The van der Waals surface area contributed by atoms with Crippen LogP contribution in [0.2, 0.25) is 0 Å². The average molecular weight is 371 g/mol. The molecule has 1 atom stereocenters. The van der Waals surface area contributed by atoms with E-state index in [0.29, 0.717) is 5.69 Å². The number of aromatic nitrogens is 3. The van der Waals surface area contributed by atoms with Gasteiger partial charge in [-0.2, -0.15) is 16.4 Å². The third kappa shape index (κ3) is 2.37. The van der Waals surface area contributed by atoms with Crippen LogP contribution in [0.4, 0.5) is 0 Å². The van der Waals surface area contributed by atoms with Crippen LogP contribution in [0.15, 0.2) is 27.7 Å². The topological polar surface area (TPSA) is 61.9 Å². The van der Waals surface area contributed by atoms with E-state index in [2.05, 4.69) is 32.0 Å². The van der Waals surface area contributed by atoms with Crippen LogP contribution in [0.1, 0.15) is 41.0 Å². The van der Waals surface area contributed by atoms with Gasteiger partial charge in [0.15, 0.2) is 0 Å². The van der Waals surface area contributed by atoms with Gasteiger partial charge in [0.25, 0.3) is 5.91 Å². The largest absolute Gasteiger partial charge is 0.336 e. The number of nitrogens with zero attached hydrogens (tertiary/aromatic N) is 3. The highest BCUT2D eigenvalue weighted by molar-refractivity contribution is 7.08. The van der Waals surface area contributed by atoms with E-state index in [1.165, 1.54) is 28.2 Å². The highest BCUT2D eigenvalue weighted by Gasteiger charge is 2.46. The Kier molecular flexibility index (Phi) is 3.53. The number of aromatic amines is 1. The average Bonchev–Trinajstić information content (AvgIpc) is 3.40. The Bertz CT molecular complexity index is 900. The summed E-state index contributed by atoms with van der Waals surface area (Å²) < 4.78 is 0. The molecule has 1 fully saturated rings. The number of carbonyl (C=O) groups excluding carboxylic acids is 1. The maximum atomic E-state index is 12.7. The molecule has 128 valence electrons. The van der Waals surface area contributed by atoms with Crippen molar-refractivity contribution < 1.29 is 4.79 Å². The smallest absolute Gasteiger partial charge is 0.273 e. The van der Waals surface area contributed by atoms with E-state index >= 15 is 0 Å². The molecule has 1 saturated heterocycles. The number of thiazole rings is 1. The quantitative estimate of drug-likeness (QED) is 0.748. The maximum absolute atomic E-state index is 12.7. The first-order chi connectivity index (χ1) is 12.3. The van der Waals surface area contributed by atoms with Gasteiger partial charge in [0.1, 0.15) is 5.69 Å². The molecule has 4 heterocycles. The summed E-state index contributed by atoms with van der Waals surface area (Å²) in [6, 6.07) is 2.13. The number of fused-ring (bicyclic) bond motifs is 2. The van der Waals surface area contributed by atoms with Crippen LogP contribution < -0.4 is 0 Å². The van der Waals surface area contributed by atoms with Gasteiger partial charge in [0.2, 0.25) is 0 Å². The van der Waals surface area contributed by atoms with Crippen molar-refractivity contribution in [2.24, 2.45) is 0 Å². The number of carbonyl (C=O) groups is 1. The highest BCUT2D eigenvalue weighted by atomic mass is 32.1. The Morgan fingerprint density at radius 2 is 2.24 bits per heavy atom. The molecule has 0 bridgehead atoms. The van der Waals surface area contributed by atoms with E-state index < -0.39 is 0 Å². The summed E-state index contributed by atoms with van der Waals surface area (Å²) in [5.74, 6) is 0.0582. The van der Waals surface area contributed by atoms with E-state index in [0.717, 1.165) is 44.5 Å². The van der Waals surface area contributed by atoms with Gasteiger partial charge in [0, 0.05) is 46.1 Å². The molecule has 3 aromatic rings.